The Balaban J connectivity index is 1.41. The number of ether oxygens (including phenoxy) is 1. The zero-order valence-corrected chi connectivity index (χ0v) is 23.8. The summed E-state index contributed by atoms with van der Waals surface area (Å²) in [6.45, 7) is 5.54. The molecule has 4 aromatic rings. The molecule has 1 fully saturated rings. The van der Waals surface area contributed by atoms with Crippen molar-refractivity contribution < 1.29 is 9.53 Å². The van der Waals surface area contributed by atoms with Crippen LogP contribution in [-0.2, 0) is 24.8 Å². The number of hydrogen-bond donors (Lipinski definition) is 0. The van der Waals surface area contributed by atoms with Gasteiger partial charge in [0.2, 0.25) is 5.95 Å². The van der Waals surface area contributed by atoms with Crippen LogP contribution in [0.4, 0.5) is 11.1 Å². The van der Waals surface area contributed by atoms with Gasteiger partial charge in [0.25, 0.3) is 5.56 Å². The summed E-state index contributed by atoms with van der Waals surface area (Å²) in [7, 11) is 3.40. The van der Waals surface area contributed by atoms with Gasteiger partial charge in [0.15, 0.2) is 21.3 Å². The van der Waals surface area contributed by atoms with Gasteiger partial charge in [0.05, 0.1) is 13.2 Å². The smallest absolute Gasteiger partial charge is 0.282 e. The van der Waals surface area contributed by atoms with Crippen LogP contribution in [0.5, 0.6) is 5.75 Å². The lowest BCUT2D eigenvalue weighted by atomic mass is 10.0. The molecule has 39 heavy (non-hydrogen) atoms. The van der Waals surface area contributed by atoms with Crippen LogP contribution < -0.4 is 20.1 Å². The molecular weight excluding hydrogens is 510 g/mol. The molecule has 5 rings (SSSR count). The number of methoxy groups -OCH3 is 1. The third-order valence-electron chi connectivity index (χ3n) is 7.37. The average Bonchev–Trinajstić information content (AvgIpc) is 3.61. The quantitative estimate of drug-likeness (QED) is 0.278. The van der Waals surface area contributed by atoms with E-state index in [0.29, 0.717) is 34.4 Å². The van der Waals surface area contributed by atoms with Crippen LogP contribution >= 0.6 is 11.3 Å². The molecule has 204 valence electrons. The number of Topliss-reactive ketones (excluding diaryl/α,β-unsaturated/α-hetero) is 1. The van der Waals surface area contributed by atoms with Gasteiger partial charge in [-0.3, -0.25) is 14.2 Å². The number of fused-ring (bicyclic) bond motifs is 1. The molecule has 0 amide bonds. The first-order valence-electron chi connectivity index (χ1n) is 13.5. The summed E-state index contributed by atoms with van der Waals surface area (Å²) in [6.07, 6.45) is 2.96. The van der Waals surface area contributed by atoms with Crippen molar-refractivity contribution in [3.63, 3.8) is 0 Å². The van der Waals surface area contributed by atoms with Gasteiger partial charge in [0, 0.05) is 32.6 Å². The van der Waals surface area contributed by atoms with E-state index in [1.54, 1.807) is 18.7 Å². The zero-order valence-electron chi connectivity index (χ0n) is 23.0. The van der Waals surface area contributed by atoms with Gasteiger partial charge in [-0.25, -0.2) is 9.97 Å². The van der Waals surface area contributed by atoms with Crippen LogP contribution in [0, 0.1) is 0 Å². The first-order valence-corrected chi connectivity index (χ1v) is 14.3. The van der Waals surface area contributed by atoms with Crippen molar-refractivity contribution in [1.29, 1.82) is 0 Å². The van der Waals surface area contributed by atoms with Gasteiger partial charge < -0.3 is 14.5 Å². The van der Waals surface area contributed by atoms with Gasteiger partial charge in [-0.15, -0.1) is 0 Å². The summed E-state index contributed by atoms with van der Waals surface area (Å²) in [5.41, 5.74) is 2.44. The first-order chi connectivity index (χ1) is 18.9. The fourth-order valence-corrected chi connectivity index (χ4v) is 6.14. The Hall–Kier alpha value is -3.72. The monoisotopic (exact) mass is 545 g/mol. The van der Waals surface area contributed by atoms with Crippen molar-refractivity contribution in [3.05, 3.63) is 76.1 Å². The van der Waals surface area contributed by atoms with E-state index in [0.717, 1.165) is 37.1 Å². The van der Waals surface area contributed by atoms with Crippen LogP contribution in [0.25, 0.3) is 10.3 Å². The van der Waals surface area contributed by atoms with Crippen molar-refractivity contribution in [2.24, 2.45) is 7.05 Å². The Morgan fingerprint density at radius 2 is 1.85 bits per heavy atom. The minimum absolute atomic E-state index is 0.111. The molecule has 0 bridgehead atoms. The Morgan fingerprint density at radius 1 is 1.10 bits per heavy atom. The molecule has 1 atom stereocenters. The molecule has 0 unspecified atom stereocenters. The largest absolute Gasteiger partial charge is 0.497 e. The molecule has 0 saturated carbocycles. The summed E-state index contributed by atoms with van der Waals surface area (Å²) in [5.74, 6) is 1.63. The number of anilines is 2. The predicted molar refractivity (Wildman–Crippen MR) is 157 cm³/mol. The zero-order chi connectivity index (χ0) is 27.5. The molecule has 0 spiro atoms. The molecule has 2 aromatic heterocycles. The van der Waals surface area contributed by atoms with E-state index in [2.05, 4.69) is 35.8 Å². The molecule has 1 aliphatic heterocycles. The Morgan fingerprint density at radius 3 is 2.54 bits per heavy atom. The second-order valence-electron chi connectivity index (χ2n) is 10.3. The number of aromatic nitrogens is 3. The van der Waals surface area contributed by atoms with Crippen LogP contribution in [0.15, 0.2) is 59.4 Å². The Bertz CT molecular complexity index is 1500. The maximum absolute atomic E-state index is 13.5. The lowest BCUT2D eigenvalue weighted by Crippen LogP contribution is -2.36. The second kappa shape index (κ2) is 11.6. The molecule has 0 N–H and O–H groups in total. The fourth-order valence-electron chi connectivity index (χ4n) is 5.13. The SMILES string of the molecule is COc1ccc(CN(c2nc3sc(N4CCC[C@@H]4C(=O)CCc4ccccc4)nc3c(=O)n2C)C(C)C)cc1. The minimum Gasteiger partial charge on any atom is -0.497 e. The molecule has 1 saturated heterocycles. The normalized spacial score (nSPS) is 15.3. The van der Waals surface area contributed by atoms with Crippen LogP contribution in [0.2, 0.25) is 0 Å². The summed E-state index contributed by atoms with van der Waals surface area (Å²) in [5, 5.41) is 0.702. The number of carbonyl (C=O) groups excluding carboxylic acids is 1. The van der Waals surface area contributed by atoms with Crippen molar-refractivity contribution in [2.75, 3.05) is 23.5 Å². The number of aryl methyl sites for hydroxylation is 1. The van der Waals surface area contributed by atoms with Gasteiger partial charge in [-0.2, -0.15) is 0 Å². The second-order valence-corrected chi connectivity index (χ2v) is 11.3. The summed E-state index contributed by atoms with van der Waals surface area (Å²) in [6, 6.07) is 17.9. The van der Waals surface area contributed by atoms with Crippen LogP contribution in [0.1, 0.15) is 44.2 Å². The van der Waals surface area contributed by atoms with Crippen molar-refractivity contribution in [2.45, 2.75) is 58.2 Å². The number of nitrogens with zero attached hydrogens (tertiary/aromatic N) is 5. The van der Waals surface area contributed by atoms with Gasteiger partial charge >= 0.3 is 0 Å². The molecule has 1 aliphatic rings. The summed E-state index contributed by atoms with van der Waals surface area (Å²) in [4.78, 5) is 41.1. The van der Waals surface area contributed by atoms with Gasteiger partial charge in [-0.1, -0.05) is 53.8 Å². The highest BCUT2D eigenvalue weighted by molar-refractivity contribution is 7.21. The highest BCUT2D eigenvalue weighted by Crippen LogP contribution is 2.33. The predicted octanol–water partition coefficient (Wildman–Crippen LogP) is 4.98. The highest BCUT2D eigenvalue weighted by atomic mass is 32.1. The van der Waals surface area contributed by atoms with E-state index in [1.807, 2.05) is 42.5 Å². The van der Waals surface area contributed by atoms with E-state index in [9.17, 15) is 9.59 Å². The van der Waals surface area contributed by atoms with E-state index < -0.39 is 0 Å². The van der Waals surface area contributed by atoms with Crippen LogP contribution in [0.3, 0.4) is 0 Å². The van der Waals surface area contributed by atoms with E-state index in [1.165, 1.54) is 16.9 Å². The minimum atomic E-state index is -0.208. The molecule has 0 radical (unpaired) electrons. The van der Waals surface area contributed by atoms with Gasteiger partial charge in [-0.05, 0) is 56.4 Å². The first kappa shape index (κ1) is 26.9. The number of ketones is 1. The number of hydrogen-bond acceptors (Lipinski definition) is 8. The van der Waals surface area contributed by atoms with Crippen LogP contribution in [-0.4, -0.2) is 46.1 Å². The summed E-state index contributed by atoms with van der Waals surface area (Å²) >= 11 is 1.40. The van der Waals surface area contributed by atoms with E-state index in [4.69, 9.17) is 14.7 Å². The number of benzene rings is 2. The lowest BCUT2D eigenvalue weighted by Gasteiger charge is -2.29. The maximum atomic E-state index is 13.5. The molecule has 0 aliphatic carbocycles. The van der Waals surface area contributed by atoms with E-state index >= 15 is 0 Å². The molecular formula is C30H35N5O3S. The maximum Gasteiger partial charge on any atom is 0.282 e. The Kier molecular flexibility index (Phi) is 7.97. The number of thiazole rings is 1. The lowest BCUT2D eigenvalue weighted by molar-refractivity contribution is -0.120. The third-order valence-corrected chi connectivity index (χ3v) is 8.36. The Labute approximate surface area is 232 Å². The number of rotatable bonds is 10. The molecule has 9 heteroatoms. The summed E-state index contributed by atoms with van der Waals surface area (Å²) < 4.78 is 6.87. The van der Waals surface area contributed by atoms with Crippen molar-refractivity contribution >= 4 is 38.5 Å². The average molecular weight is 546 g/mol. The fraction of sp³-hybridized carbons (Fsp3) is 0.400. The van der Waals surface area contributed by atoms with E-state index in [-0.39, 0.29) is 23.4 Å². The molecule has 2 aromatic carbocycles. The standard InChI is InChI=1S/C30H35N5O3S/c1-20(2)35(19-22-12-15-23(38-4)16-13-22)29-32-27-26(28(37)33(29)3)31-30(39-27)34-18-8-11-24(34)25(36)17-14-21-9-6-5-7-10-21/h5-7,9-10,12-13,15-16,20,24H,8,11,14,17-19H2,1-4H3/t24-/m1/s1. The molecule has 8 nitrogen and oxygen atoms in total. The molecule has 3 heterocycles. The highest BCUT2D eigenvalue weighted by Gasteiger charge is 2.33. The topological polar surface area (TPSA) is 80.6 Å². The van der Waals surface area contributed by atoms with Crippen molar-refractivity contribution in [1.82, 2.24) is 14.5 Å². The third kappa shape index (κ3) is 5.68. The van der Waals surface area contributed by atoms with Gasteiger partial charge in [0.1, 0.15) is 5.75 Å². The van der Waals surface area contributed by atoms with Crippen molar-refractivity contribution in [3.8, 4) is 5.75 Å². The number of carbonyl (C=O) groups is 1.